The van der Waals surface area contributed by atoms with Crippen LogP contribution in [0.15, 0.2) is 6.20 Å². The summed E-state index contributed by atoms with van der Waals surface area (Å²) in [4.78, 5) is 5.27. The molecule has 0 aliphatic heterocycles. The maximum Gasteiger partial charge on any atom is 0.0950 e. The zero-order chi connectivity index (χ0) is 6.69. The predicted molar refractivity (Wildman–Crippen MR) is 37.6 cm³/mol. The van der Waals surface area contributed by atoms with E-state index in [1.54, 1.807) is 11.3 Å². The Morgan fingerprint density at radius 1 is 1.78 bits per heavy atom. The minimum absolute atomic E-state index is 0.201. The fourth-order valence-corrected chi connectivity index (χ4v) is 1.39. The molecule has 1 aromatic heterocycles. The first-order chi connectivity index (χ1) is 4.33. The second-order valence-electron chi connectivity index (χ2n) is 1.84. The van der Waals surface area contributed by atoms with E-state index in [1.807, 2.05) is 13.1 Å². The van der Waals surface area contributed by atoms with Gasteiger partial charge in [-0.3, -0.25) is 0 Å². The molecule has 0 saturated heterocycles. The highest BCUT2D eigenvalue weighted by Crippen LogP contribution is 2.10. The number of aromatic nitrogens is 1. The molecule has 1 rings (SSSR count). The van der Waals surface area contributed by atoms with Crippen LogP contribution >= 0.6 is 11.3 Å². The van der Waals surface area contributed by atoms with Gasteiger partial charge in [-0.25, -0.2) is 4.98 Å². The van der Waals surface area contributed by atoms with Crippen molar-refractivity contribution >= 4 is 11.3 Å². The second kappa shape index (κ2) is 2.94. The van der Waals surface area contributed by atoms with Crippen LogP contribution in [0.2, 0.25) is 0 Å². The fourth-order valence-electron chi connectivity index (χ4n) is 0.613. The summed E-state index contributed by atoms with van der Waals surface area (Å²) in [5, 5.41) is 9.52. The predicted octanol–water partition coefficient (Wildman–Crippen LogP) is 0.986. The van der Waals surface area contributed by atoms with Gasteiger partial charge in [0.15, 0.2) is 0 Å². The third-order valence-corrected chi connectivity index (χ3v) is 1.97. The van der Waals surface area contributed by atoms with Gasteiger partial charge in [0.05, 0.1) is 5.01 Å². The molecule has 0 atom stereocenters. The molecule has 0 fully saturated rings. The Hall–Kier alpha value is -0.410. The number of aliphatic hydroxyl groups excluding tert-OH is 1. The van der Waals surface area contributed by atoms with Crippen molar-refractivity contribution in [1.82, 2.24) is 4.98 Å². The topological polar surface area (TPSA) is 33.1 Å². The van der Waals surface area contributed by atoms with Crippen molar-refractivity contribution in [3.63, 3.8) is 0 Å². The third kappa shape index (κ3) is 1.77. The average molecular weight is 143 g/mol. The standard InChI is InChI=1S/C6H9NOS/c1-5-4-7-6(9-5)2-3-8/h4,8H,2-3H2,1H3. The van der Waals surface area contributed by atoms with E-state index in [0.29, 0.717) is 6.42 Å². The fraction of sp³-hybridized carbons (Fsp3) is 0.500. The minimum Gasteiger partial charge on any atom is -0.396 e. The lowest BCUT2D eigenvalue weighted by molar-refractivity contribution is 0.299. The Balaban J connectivity index is 2.61. The van der Waals surface area contributed by atoms with Gasteiger partial charge in [-0.05, 0) is 6.92 Å². The molecule has 3 heteroatoms. The van der Waals surface area contributed by atoms with Gasteiger partial charge in [0, 0.05) is 24.1 Å². The highest BCUT2D eigenvalue weighted by Gasteiger charge is 1.94. The summed E-state index contributed by atoms with van der Waals surface area (Å²) in [5.41, 5.74) is 0. The number of rotatable bonds is 2. The van der Waals surface area contributed by atoms with Crippen LogP contribution in [-0.4, -0.2) is 16.7 Å². The Morgan fingerprint density at radius 3 is 3.00 bits per heavy atom. The molecular formula is C6H9NOS. The van der Waals surface area contributed by atoms with Gasteiger partial charge in [-0.1, -0.05) is 0 Å². The Kier molecular flexibility index (Phi) is 2.19. The van der Waals surface area contributed by atoms with E-state index in [2.05, 4.69) is 4.98 Å². The number of aliphatic hydroxyl groups is 1. The molecule has 9 heavy (non-hydrogen) atoms. The average Bonchev–Trinajstić information content (AvgIpc) is 2.17. The molecule has 0 radical (unpaired) electrons. The highest BCUT2D eigenvalue weighted by atomic mass is 32.1. The first kappa shape index (κ1) is 6.71. The first-order valence-electron chi connectivity index (χ1n) is 2.85. The molecule has 0 aliphatic carbocycles. The van der Waals surface area contributed by atoms with Crippen LogP contribution in [0.5, 0.6) is 0 Å². The molecule has 50 valence electrons. The molecule has 1 heterocycles. The molecule has 0 saturated carbocycles. The maximum absolute atomic E-state index is 8.50. The molecule has 0 spiro atoms. The molecule has 0 amide bonds. The van der Waals surface area contributed by atoms with Crippen molar-refractivity contribution in [2.45, 2.75) is 13.3 Å². The number of hydrogen-bond donors (Lipinski definition) is 1. The maximum atomic E-state index is 8.50. The zero-order valence-corrected chi connectivity index (χ0v) is 6.11. The highest BCUT2D eigenvalue weighted by molar-refractivity contribution is 7.11. The summed E-state index contributed by atoms with van der Waals surface area (Å²) in [5.74, 6) is 0. The van der Waals surface area contributed by atoms with Crippen LogP contribution in [0.3, 0.4) is 0 Å². The van der Waals surface area contributed by atoms with Crippen molar-refractivity contribution in [1.29, 1.82) is 0 Å². The molecule has 1 N–H and O–H groups in total. The second-order valence-corrected chi connectivity index (χ2v) is 3.16. The number of hydrogen-bond acceptors (Lipinski definition) is 3. The number of aryl methyl sites for hydroxylation is 1. The van der Waals surface area contributed by atoms with E-state index in [1.165, 1.54) is 4.88 Å². The first-order valence-corrected chi connectivity index (χ1v) is 3.67. The van der Waals surface area contributed by atoms with Crippen LogP contribution in [0, 0.1) is 6.92 Å². The third-order valence-electron chi connectivity index (χ3n) is 0.995. The van der Waals surface area contributed by atoms with Crippen molar-refractivity contribution in [3.05, 3.63) is 16.1 Å². The summed E-state index contributed by atoms with van der Waals surface area (Å²) in [6.45, 7) is 2.21. The summed E-state index contributed by atoms with van der Waals surface area (Å²) in [6, 6.07) is 0. The zero-order valence-electron chi connectivity index (χ0n) is 5.29. The van der Waals surface area contributed by atoms with Gasteiger partial charge in [0.25, 0.3) is 0 Å². The quantitative estimate of drug-likeness (QED) is 0.669. The largest absolute Gasteiger partial charge is 0.396 e. The lowest BCUT2D eigenvalue weighted by Gasteiger charge is -1.84. The van der Waals surface area contributed by atoms with Gasteiger partial charge >= 0.3 is 0 Å². The molecule has 0 bridgehead atoms. The van der Waals surface area contributed by atoms with Crippen LogP contribution in [0.1, 0.15) is 9.88 Å². The van der Waals surface area contributed by atoms with E-state index in [4.69, 9.17) is 5.11 Å². The van der Waals surface area contributed by atoms with Gasteiger partial charge < -0.3 is 5.11 Å². The summed E-state index contributed by atoms with van der Waals surface area (Å²) < 4.78 is 0. The van der Waals surface area contributed by atoms with E-state index in [-0.39, 0.29) is 6.61 Å². The summed E-state index contributed by atoms with van der Waals surface area (Å²) in [7, 11) is 0. The van der Waals surface area contributed by atoms with Crippen LogP contribution < -0.4 is 0 Å². The Bertz CT molecular complexity index is 185. The SMILES string of the molecule is Cc1cnc(CCO)s1. The van der Waals surface area contributed by atoms with Gasteiger partial charge in [0.1, 0.15) is 0 Å². The molecule has 0 aliphatic rings. The normalized spacial score (nSPS) is 10.0. The van der Waals surface area contributed by atoms with Gasteiger partial charge in [-0.15, -0.1) is 11.3 Å². The Morgan fingerprint density at radius 2 is 2.56 bits per heavy atom. The van der Waals surface area contributed by atoms with Crippen LogP contribution in [0.25, 0.3) is 0 Å². The molecule has 1 aromatic rings. The minimum atomic E-state index is 0.201. The van der Waals surface area contributed by atoms with Crippen LogP contribution in [-0.2, 0) is 6.42 Å². The Labute approximate surface area is 58.2 Å². The van der Waals surface area contributed by atoms with E-state index in [0.717, 1.165) is 5.01 Å². The number of thiazole rings is 1. The van der Waals surface area contributed by atoms with E-state index >= 15 is 0 Å². The smallest absolute Gasteiger partial charge is 0.0950 e. The number of nitrogens with zero attached hydrogens (tertiary/aromatic N) is 1. The van der Waals surface area contributed by atoms with E-state index in [9.17, 15) is 0 Å². The van der Waals surface area contributed by atoms with Gasteiger partial charge in [-0.2, -0.15) is 0 Å². The summed E-state index contributed by atoms with van der Waals surface area (Å²) >= 11 is 1.64. The molecule has 0 unspecified atom stereocenters. The molecule has 2 nitrogen and oxygen atoms in total. The van der Waals surface area contributed by atoms with Gasteiger partial charge in [0.2, 0.25) is 0 Å². The summed E-state index contributed by atoms with van der Waals surface area (Å²) in [6.07, 6.45) is 2.52. The van der Waals surface area contributed by atoms with Crippen LogP contribution in [0.4, 0.5) is 0 Å². The van der Waals surface area contributed by atoms with Crippen molar-refractivity contribution in [3.8, 4) is 0 Å². The lowest BCUT2D eigenvalue weighted by atomic mass is 10.5. The van der Waals surface area contributed by atoms with Crippen molar-refractivity contribution in [2.75, 3.05) is 6.61 Å². The molecular weight excluding hydrogens is 134 g/mol. The van der Waals surface area contributed by atoms with E-state index < -0.39 is 0 Å². The van der Waals surface area contributed by atoms with Crippen molar-refractivity contribution < 1.29 is 5.11 Å². The molecule has 0 aromatic carbocycles. The monoisotopic (exact) mass is 143 g/mol. The lowest BCUT2D eigenvalue weighted by Crippen LogP contribution is -1.87. The van der Waals surface area contributed by atoms with Crippen molar-refractivity contribution in [2.24, 2.45) is 0 Å².